The Morgan fingerprint density at radius 3 is 0.964 bits per heavy atom. The first kappa shape index (κ1) is 52.4. The molecule has 0 spiro atoms. The lowest BCUT2D eigenvalue weighted by Gasteiger charge is -2.40. The highest BCUT2D eigenvalue weighted by Gasteiger charge is 2.92. The molecule has 0 saturated heterocycles. The van der Waals surface area contributed by atoms with E-state index in [1.165, 1.54) is 0 Å². The van der Waals surface area contributed by atoms with Crippen LogP contribution in [0.4, 0.5) is 114 Å². The Labute approximate surface area is 325 Å². The SMILES string of the molecule is FC(F)(F)C(F)(F)C(F)(F)C(F)(F)C(F)(F)C(F)(F)CC(I)CCc1ccc(Br)cc1CCC(I)CC(F)(F)C(F)(F)C(F)(F)C(F)(F)C(F)(F)C(F)(F)F. The summed E-state index contributed by atoms with van der Waals surface area (Å²) in [5.41, 5.74) is -0.253. The molecule has 55 heavy (non-hydrogen) atoms. The van der Waals surface area contributed by atoms with E-state index in [4.69, 9.17) is 0 Å². The van der Waals surface area contributed by atoms with Crippen LogP contribution < -0.4 is 0 Å². The highest BCUT2D eigenvalue weighted by atomic mass is 127. The summed E-state index contributed by atoms with van der Waals surface area (Å²) in [4.78, 5) is 0. The summed E-state index contributed by atoms with van der Waals surface area (Å²) < 4.78 is 345. The van der Waals surface area contributed by atoms with Crippen LogP contribution in [0.2, 0.25) is 0 Å². The van der Waals surface area contributed by atoms with Crippen molar-refractivity contribution in [2.45, 2.75) is 118 Å². The molecule has 0 heterocycles. The molecule has 1 aromatic carbocycles. The van der Waals surface area contributed by atoms with Gasteiger partial charge >= 0.3 is 71.6 Å². The van der Waals surface area contributed by atoms with E-state index in [9.17, 15) is 114 Å². The Kier molecular flexibility index (Phi) is 15.3. The van der Waals surface area contributed by atoms with Gasteiger partial charge in [-0.2, -0.15) is 114 Å². The smallest absolute Gasteiger partial charge is 0.200 e. The molecule has 0 aliphatic heterocycles. The lowest BCUT2D eigenvalue weighted by molar-refractivity contribution is -0.440. The minimum atomic E-state index is -8.12. The van der Waals surface area contributed by atoms with Gasteiger partial charge in [-0.1, -0.05) is 67.2 Å². The standard InChI is InChI=1S/C26H17BrF26I2/c27-12-4-1-10(2-5-13(54)8-15(28,29)17(32,33)19(36,37)21(40,41)23(44,45)25(48,49)50)11(7-12)3-6-14(55)9-16(30,31)18(34,35)20(38,39)22(42,43)24(46,47)26(51,52)53/h1,4,7,13-14H,2-3,5-6,8-9H2. The third-order valence-electron chi connectivity index (χ3n) is 7.57. The van der Waals surface area contributed by atoms with Gasteiger partial charge in [-0.15, -0.1) is 0 Å². The van der Waals surface area contributed by atoms with Crippen molar-refractivity contribution in [3.8, 4) is 0 Å². The summed E-state index contributed by atoms with van der Waals surface area (Å²) >= 11 is 4.58. The van der Waals surface area contributed by atoms with E-state index in [0.29, 0.717) is 0 Å². The molecule has 0 radical (unpaired) electrons. The molecule has 0 saturated carbocycles. The molecule has 324 valence electrons. The maximum absolute atomic E-state index is 14.3. The molecule has 29 heteroatoms. The molecule has 0 nitrogen and oxygen atoms in total. The zero-order valence-electron chi connectivity index (χ0n) is 25.6. The number of hydrogen-bond acceptors (Lipinski definition) is 0. The Balaban J connectivity index is 3.20. The molecule has 0 aromatic heterocycles. The Bertz CT molecular complexity index is 1470. The number of aryl methyl sites for hydroxylation is 2. The third-order valence-corrected chi connectivity index (χ3v) is 10.2. The predicted molar refractivity (Wildman–Crippen MR) is 157 cm³/mol. The molecular weight excluding hydrogens is 1140 g/mol. The van der Waals surface area contributed by atoms with Crippen LogP contribution >= 0.6 is 61.1 Å². The first-order chi connectivity index (χ1) is 23.9. The summed E-state index contributed by atoms with van der Waals surface area (Å²) in [6.45, 7) is 0. The largest absolute Gasteiger partial charge is 0.460 e. The second kappa shape index (κ2) is 16.1. The van der Waals surface area contributed by atoms with Crippen LogP contribution in [-0.2, 0) is 12.8 Å². The number of benzene rings is 1. The van der Waals surface area contributed by atoms with Crippen molar-refractivity contribution >= 4 is 61.1 Å². The van der Waals surface area contributed by atoms with Gasteiger partial charge in [-0.25, -0.2) is 0 Å². The zero-order valence-corrected chi connectivity index (χ0v) is 31.5. The minimum absolute atomic E-state index is 0.0802. The van der Waals surface area contributed by atoms with Crippen molar-refractivity contribution in [3.05, 3.63) is 33.8 Å². The fourth-order valence-electron chi connectivity index (χ4n) is 4.32. The zero-order chi connectivity index (χ0) is 44.3. The van der Waals surface area contributed by atoms with Gasteiger partial charge in [0.25, 0.3) is 0 Å². The predicted octanol–water partition coefficient (Wildman–Crippen LogP) is 14.2. The van der Waals surface area contributed by atoms with Gasteiger partial charge in [0.2, 0.25) is 0 Å². The number of hydrogen-bond donors (Lipinski definition) is 0. The molecular formula is C26H17BrF26I2. The maximum Gasteiger partial charge on any atom is 0.460 e. The summed E-state index contributed by atoms with van der Waals surface area (Å²) in [5, 5.41) is 0. The van der Waals surface area contributed by atoms with E-state index in [0.717, 1.165) is 63.4 Å². The van der Waals surface area contributed by atoms with E-state index in [2.05, 4.69) is 15.9 Å². The summed E-state index contributed by atoms with van der Waals surface area (Å²) in [6, 6.07) is 3.26. The first-order valence-corrected chi connectivity index (χ1v) is 17.1. The second-order valence-electron chi connectivity index (χ2n) is 11.6. The van der Waals surface area contributed by atoms with Gasteiger partial charge in [0.05, 0.1) is 0 Å². The molecule has 0 amide bonds. The average molecular weight is 1160 g/mol. The van der Waals surface area contributed by atoms with Crippen LogP contribution in [-0.4, -0.2) is 79.4 Å². The van der Waals surface area contributed by atoms with Crippen LogP contribution in [0.15, 0.2) is 22.7 Å². The molecule has 2 unspecified atom stereocenters. The van der Waals surface area contributed by atoms with Crippen molar-refractivity contribution in [2.75, 3.05) is 0 Å². The van der Waals surface area contributed by atoms with Crippen molar-refractivity contribution < 1.29 is 114 Å². The number of halogens is 29. The number of alkyl halides is 28. The molecule has 1 aromatic rings. The average Bonchev–Trinajstić information content (AvgIpc) is 2.97. The molecule has 0 aliphatic carbocycles. The van der Waals surface area contributed by atoms with Gasteiger partial charge in [-0.3, -0.25) is 0 Å². The first-order valence-electron chi connectivity index (χ1n) is 13.8. The van der Waals surface area contributed by atoms with Crippen LogP contribution in [0.1, 0.15) is 36.8 Å². The summed E-state index contributed by atoms with van der Waals surface area (Å²) in [5.74, 6) is -76.1. The van der Waals surface area contributed by atoms with Crippen molar-refractivity contribution in [2.24, 2.45) is 0 Å². The Hall–Kier alpha value is -0.660. The van der Waals surface area contributed by atoms with Gasteiger partial charge < -0.3 is 0 Å². The summed E-state index contributed by atoms with van der Waals surface area (Å²) in [6.07, 6.45) is -23.4. The van der Waals surface area contributed by atoms with E-state index >= 15 is 0 Å². The minimum Gasteiger partial charge on any atom is -0.200 e. The highest BCUT2D eigenvalue weighted by molar-refractivity contribution is 14.1. The molecule has 1 rings (SSSR count). The van der Waals surface area contributed by atoms with Crippen LogP contribution in [0.5, 0.6) is 0 Å². The maximum atomic E-state index is 14.3. The molecule has 0 aliphatic rings. The van der Waals surface area contributed by atoms with Crippen molar-refractivity contribution in [1.82, 2.24) is 0 Å². The van der Waals surface area contributed by atoms with Gasteiger partial charge in [0.15, 0.2) is 0 Å². The second-order valence-corrected chi connectivity index (χ2v) is 16.0. The Morgan fingerprint density at radius 2 is 0.673 bits per heavy atom. The topological polar surface area (TPSA) is 0 Å². The molecule has 0 fully saturated rings. The Morgan fingerprint density at radius 1 is 0.400 bits per heavy atom. The normalized spacial score (nSPS) is 16.7. The quantitative estimate of drug-likeness (QED) is 0.0781. The molecule has 0 bridgehead atoms. The van der Waals surface area contributed by atoms with Crippen LogP contribution in [0.25, 0.3) is 0 Å². The summed E-state index contributed by atoms with van der Waals surface area (Å²) in [7, 11) is 0. The van der Waals surface area contributed by atoms with Crippen LogP contribution in [0, 0.1) is 0 Å². The molecule has 0 N–H and O–H groups in total. The van der Waals surface area contributed by atoms with E-state index in [-0.39, 0.29) is 15.6 Å². The fraction of sp³-hybridized carbons (Fsp3) is 0.769. The number of rotatable bonds is 18. The monoisotopic (exact) mass is 1160 g/mol. The highest BCUT2D eigenvalue weighted by Crippen LogP contribution is 2.62. The van der Waals surface area contributed by atoms with E-state index in [1.54, 1.807) is 0 Å². The van der Waals surface area contributed by atoms with Crippen LogP contribution in [0.3, 0.4) is 0 Å². The molecule has 2 atom stereocenters. The lowest BCUT2D eigenvalue weighted by Crippen LogP contribution is -2.70. The van der Waals surface area contributed by atoms with Gasteiger partial charge in [0.1, 0.15) is 0 Å². The third kappa shape index (κ3) is 9.39. The van der Waals surface area contributed by atoms with Gasteiger partial charge in [0, 0.05) is 25.2 Å². The lowest BCUT2D eigenvalue weighted by atomic mass is 9.90. The van der Waals surface area contributed by atoms with Crippen molar-refractivity contribution in [3.63, 3.8) is 0 Å². The fourth-order valence-corrected chi connectivity index (χ4v) is 6.45. The van der Waals surface area contributed by atoms with E-state index < -0.39 is 118 Å². The van der Waals surface area contributed by atoms with E-state index in [1.807, 2.05) is 0 Å². The van der Waals surface area contributed by atoms with Gasteiger partial charge in [-0.05, 0) is 48.9 Å². The van der Waals surface area contributed by atoms with Crippen molar-refractivity contribution in [1.29, 1.82) is 0 Å².